The third kappa shape index (κ3) is 6.29. The van der Waals surface area contributed by atoms with E-state index in [-0.39, 0.29) is 11.8 Å². The van der Waals surface area contributed by atoms with E-state index in [0.29, 0.717) is 0 Å². The highest BCUT2D eigenvalue weighted by Gasteiger charge is 2.13. The molecule has 0 aromatic carbocycles. The molecule has 80 valence electrons. The van der Waals surface area contributed by atoms with E-state index in [2.05, 4.69) is 13.8 Å². The fraction of sp³-hybridized carbons (Fsp3) is 1.00. The third-order valence-electron chi connectivity index (χ3n) is 2.14. The lowest BCUT2D eigenvalue weighted by molar-refractivity contribution is 0.219. The lowest BCUT2D eigenvalue weighted by Gasteiger charge is -2.15. The second-order valence-corrected chi connectivity index (χ2v) is 5.59. The van der Waals surface area contributed by atoms with Crippen LogP contribution in [0.4, 0.5) is 0 Å². The van der Waals surface area contributed by atoms with E-state index in [1.807, 2.05) is 13.8 Å². The zero-order chi connectivity index (χ0) is 10.3. The first kappa shape index (κ1) is 13.2. The van der Waals surface area contributed by atoms with Crippen molar-refractivity contribution in [2.75, 3.05) is 0 Å². The molecule has 0 saturated heterocycles. The zero-order valence-corrected chi connectivity index (χ0v) is 10.3. The van der Waals surface area contributed by atoms with Gasteiger partial charge >= 0.3 is 0 Å². The van der Waals surface area contributed by atoms with E-state index in [4.69, 9.17) is 4.52 Å². The van der Waals surface area contributed by atoms with Crippen LogP contribution in [0.2, 0.25) is 0 Å². The Hall–Kier alpha value is 0.190. The lowest BCUT2D eigenvalue weighted by Crippen LogP contribution is -2.06. The van der Waals surface area contributed by atoms with Crippen LogP contribution in [0.1, 0.15) is 53.4 Å². The molecule has 0 aliphatic rings. The molecule has 0 fully saturated rings. The van der Waals surface area contributed by atoms with Crippen molar-refractivity contribution in [3.8, 4) is 0 Å². The predicted octanol–water partition coefficient (Wildman–Crippen LogP) is 3.85. The molecule has 0 heterocycles. The maximum absolute atomic E-state index is 11.6. The maximum Gasteiger partial charge on any atom is 0.194 e. The Balaban J connectivity index is 3.71. The van der Waals surface area contributed by atoms with Crippen molar-refractivity contribution in [1.29, 1.82) is 0 Å². The lowest BCUT2D eigenvalue weighted by atomic mass is 10.2. The van der Waals surface area contributed by atoms with Crippen LogP contribution in [-0.2, 0) is 9.09 Å². The highest BCUT2D eigenvalue weighted by atomic mass is 31.1. The van der Waals surface area contributed by atoms with Crippen LogP contribution in [-0.4, -0.2) is 11.8 Å². The van der Waals surface area contributed by atoms with Crippen molar-refractivity contribution < 1.29 is 9.09 Å². The van der Waals surface area contributed by atoms with Crippen LogP contribution in [0.3, 0.4) is 0 Å². The van der Waals surface area contributed by atoms with Gasteiger partial charge in [-0.1, -0.05) is 33.6 Å². The van der Waals surface area contributed by atoms with Gasteiger partial charge in [-0.2, -0.15) is 0 Å². The van der Waals surface area contributed by atoms with Crippen molar-refractivity contribution in [2.24, 2.45) is 0 Å². The van der Waals surface area contributed by atoms with E-state index in [0.717, 1.165) is 25.7 Å². The fourth-order valence-corrected chi connectivity index (χ4v) is 2.60. The first-order chi connectivity index (χ1) is 6.11. The summed E-state index contributed by atoms with van der Waals surface area (Å²) in [5, 5.41) is 0. The van der Waals surface area contributed by atoms with Gasteiger partial charge in [-0.05, 0) is 19.8 Å². The molecule has 0 amide bonds. The normalized spacial score (nSPS) is 18.2. The van der Waals surface area contributed by atoms with Gasteiger partial charge in [-0.3, -0.25) is 4.57 Å². The molecule has 0 saturated carbocycles. The Kier molecular flexibility index (Phi) is 7.69. The maximum atomic E-state index is 11.6. The monoisotopic (exact) mass is 206 g/mol. The summed E-state index contributed by atoms with van der Waals surface area (Å²) in [4.78, 5) is 0. The molecule has 3 heteroatoms. The molecule has 0 spiro atoms. The minimum absolute atomic E-state index is 0.163. The minimum Gasteiger partial charge on any atom is -0.327 e. The third-order valence-corrected chi connectivity index (χ3v) is 3.86. The van der Waals surface area contributed by atoms with Crippen molar-refractivity contribution in [2.45, 2.75) is 65.1 Å². The summed E-state index contributed by atoms with van der Waals surface area (Å²) < 4.78 is 17.0. The van der Waals surface area contributed by atoms with E-state index in [1.54, 1.807) is 0 Å². The minimum atomic E-state index is -1.80. The molecule has 3 unspecified atom stereocenters. The molecular weight excluding hydrogens is 183 g/mol. The number of hydrogen-bond acceptors (Lipinski definition) is 2. The molecule has 13 heavy (non-hydrogen) atoms. The summed E-state index contributed by atoms with van der Waals surface area (Å²) in [6.07, 6.45) is 4.36. The summed E-state index contributed by atoms with van der Waals surface area (Å²) in [6.45, 7) is 8.25. The Bertz CT molecular complexity index is 148. The average molecular weight is 206 g/mol. The second-order valence-electron chi connectivity index (χ2n) is 3.73. The largest absolute Gasteiger partial charge is 0.327 e. The van der Waals surface area contributed by atoms with Crippen LogP contribution in [0.5, 0.6) is 0 Å². The second kappa shape index (κ2) is 7.58. The Morgan fingerprint density at radius 1 is 1.15 bits per heavy atom. The summed E-state index contributed by atoms with van der Waals surface area (Å²) >= 11 is 0. The molecule has 2 nitrogen and oxygen atoms in total. The van der Waals surface area contributed by atoms with Gasteiger partial charge in [-0.25, -0.2) is 0 Å². The Morgan fingerprint density at radius 3 is 2.15 bits per heavy atom. The van der Waals surface area contributed by atoms with Crippen LogP contribution in [0, 0.1) is 0 Å². The van der Waals surface area contributed by atoms with Gasteiger partial charge in [0.1, 0.15) is 0 Å². The van der Waals surface area contributed by atoms with Gasteiger partial charge in [0.25, 0.3) is 0 Å². The van der Waals surface area contributed by atoms with Gasteiger partial charge < -0.3 is 4.52 Å². The summed E-state index contributed by atoms with van der Waals surface area (Å²) in [7, 11) is -1.80. The van der Waals surface area contributed by atoms with Crippen LogP contribution in [0.15, 0.2) is 0 Å². The first-order valence-electron chi connectivity index (χ1n) is 5.32. The highest BCUT2D eigenvalue weighted by molar-refractivity contribution is 7.40. The summed E-state index contributed by atoms with van der Waals surface area (Å²) in [5.74, 6) is 0. The van der Waals surface area contributed by atoms with Crippen molar-refractivity contribution in [3.05, 3.63) is 0 Å². The van der Waals surface area contributed by atoms with Crippen LogP contribution in [0.25, 0.3) is 0 Å². The van der Waals surface area contributed by atoms with E-state index in [9.17, 15) is 4.57 Å². The zero-order valence-electron chi connectivity index (χ0n) is 9.30. The molecule has 0 N–H and O–H groups in total. The Labute approximate surface area is 82.9 Å². The molecule has 0 aliphatic carbocycles. The van der Waals surface area contributed by atoms with E-state index < -0.39 is 8.03 Å². The van der Waals surface area contributed by atoms with Crippen molar-refractivity contribution in [1.82, 2.24) is 0 Å². The molecular formula is C10H23O2P. The SMILES string of the molecule is CCCC(C)O[PH](=O)C(C)CCC. The first-order valence-corrected chi connectivity index (χ1v) is 6.71. The number of rotatable bonds is 7. The smallest absolute Gasteiger partial charge is 0.194 e. The number of hydrogen-bond donors (Lipinski definition) is 0. The van der Waals surface area contributed by atoms with Gasteiger partial charge in [0.2, 0.25) is 0 Å². The van der Waals surface area contributed by atoms with Gasteiger partial charge in [0.15, 0.2) is 8.03 Å². The quantitative estimate of drug-likeness (QED) is 0.591. The molecule has 0 aromatic heterocycles. The van der Waals surface area contributed by atoms with Gasteiger partial charge in [0.05, 0.1) is 6.10 Å². The molecule has 0 aromatic rings. The van der Waals surface area contributed by atoms with Crippen molar-refractivity contribution in [3.63, 3.8) is 0 Å². The topological polar surface area (TPSA) is 26.3 Å². The molecule has 0 radical (unpaired) electrons. The van der Waals surface area contributed by atoms with Gasteiger partial charge in [-0.15, -0.1) is 0 Å². The van der Waals surface area contributed by atoms with E-state index in [1.165, 1.54) is 0 Å². The predicted molar refractivity (Wildman–Crippen MR) is 58.8 cm³/mol. The average Bonchev–Trinajstić information content (AvgIpc) is 2.05. The standard InChI is InChI=1S/C10H23O2P/c1-5-7-9(3)12-13(11)10(4)8-6-2/h9-10,13H,5-8H2,1-4H3. The molecule has 0 aliphatic heterocycles. The summed E-state index contributed by atoms with van der Waals surface area (Å²) in [5.41, 5.74) is 0.245. The Morgan fingerprint density at radius 2 is 1.69 bits per heavy atom. The fourth-order valence-electron chi connectivity index (χ4n) is 1.33. The summed E-state index contributed by atoms with van der Waals surface area (Å²) in [6, 6.07) is 0. The molecule has 3 atom stereocenters. The van der Waals surface area contributed by atoms with E-state index >= 15 is 0 Å². The van der Waals surface area contributed by atoms with Gasteiger partial charge in [0, 0.05) is 5.66 Å². The molecule has 0 bridgehead atoms. The van der Waals surface area contributed by atoms with Crippen LogP contribution >= 0.6 is 8.03 Å². The van der Waals surface area contributed by atoms with Crippen molar-refractivity contribution >= 4 is 8.03 Å². The highest BCUT2D eigenvalue weighted by Crippen LogP contribution is 2.34. The van der Waals surface area contributed by atoms with Crippen LogP contribution < -0.4 is 0 Å². The molecule has 0 rings (SSSR count).